The van der Waals surface area contributed by atoms with Crippen LogP contribution in [0.4, 0.5) is 0 Å². The summed E-state index contributed by atoms with van der Waals surface area (Å²) in [6.07, 6.45) is 7.46. The van der Waals surface area contributed by atoms with Gasteiger partial charge in [-0.25, -0.2) is 0 Å². The van der Waals surface area contributed by atoms with Gasteiger partial charge in [-0.15, -0.1) is 0 Å². The number of nitriles is 1. The first-order chi connectivity index (χ1) is 16.0. The van der Waals surface area contributed by atoms with E-state index < -0.39 is 0 Å². The van der Waals surface area contributed by atoms with Crippen LogP contribution in [0, 0.1) is 11.3 Å². The van der Waals surface area contributed by atoms with Gasteiger partial charge in [-0.2, -0.15) is 5.26 Å². The molecular formula is C28H33N3O2. The van der Waals surface area contributed by atoms with Crippen molar-refractivity contribution < 1.29 is 9.53 Å². The van der Waals surface area contributed by atoms with E-state index in [1.807, 2.05) is 36.4 Å². The maximum Gasteiger partial charge on any atom is 0.251 e. The molecule has 0 aromatic heterocycles. The minimum Gasteiger partial charge on any atom is -0.497 e. The van der Waals surface area contributed by atoms with Crippen molar-refractivity contribution in [2.45, 2.75) is 57.0 Å². The van der Waals surface area contributed by atoms with E-state index >= 15 is 0 Å². The molecule has 1 saturated carbocycles. The van der Waals surface area contributed by atoms with Crippen LogP contribution in [0.1, 0.15) is 60.8 Å². The van der Waals surface area contributed by atoms with Crippen molar-refractivity contribution in [2.75, 3.05) is 20.2 Å². The molecule has 172 valence electrons. The summed E-state index contributed by atoms with van der Waals surface area (Å²) in [5.41, 5.74) is 4.44. The predicted octanol–water partition coefficient (Wildman–Crippen LogP) is 4.85. The van der Waals surface area contributed by atoms with Crippen molar-refractivity contribution in [3.8, 4) is 11.8 Å². The fraction of sp³-hybridized carbons (Fsp3) is 0.429. The Labute approximate surface area is 197 Å². The van der Waals surface area contributed by atoms with Crippen molar-refractivity contribution in [3.05, 3.63) is 71.3 Å². The van der Waals surface area contributed by atoms with Gasteiger partial charge in [-0.3, -0.25) is 9.69 Å². The van der Waals surface area contributed by atoms with E-state index in [4.69, 9.17) is 10.00 Å². The third-order valence-electron chi connectivity index (χ3n) is 7.21. The number of rotatable bonds is 7. The van der Waals surface area contributed by atoms with Gasteiger partial charge in [0.05, 0.1) is 18.7 Å². The molecule has 0 atom stereocenters. The molecule has 2 aliphatic rings. The third kappa shape index (κ3) is 5.46. The number of benzene rings is 2. The van der Waals surface area contributed by atoms with Crippen LogP contribution in [-0.4, -0.2) is 36.5 Å². The summed E-state index contributed by atoms with van der Waals surface area (Å²) in [6.45, 7) is 6.93. The zero-order chi connectivity index (χ0) is 23.3. The molecule has 33 heavy (non-hydrogen) atoms. The molecule has 1 aliphatic heterocycles. The summed E-state index contributed by atoms with van der Waals surface area (Å²) in [4.78, 5) is 15.7. The second-order valence-electron chi connectivity index (χ2n) is 9.38. The van der Waals surface area contributed by atoms with E-state index in [1.165, 1.54) is 17.5 Å². The van der Waals surface area contributed by atoms with E-state index in [1.54, 1.807) is 7.11 Å². The molecule has 1 N–H and O–H groups in total. The number of nitrogens with zero attached hydrogens (tertiary/aromatic N) is 2. The Morgan fingerprint density at radius 1 is 1.18 bits per heavy atom. The molecule has 1 heterocycles. The lowest BCUT2D eigenvalue weighted by molar-refractivity contribution is -0.118. The van der Waals surface area contributed by atoms with Crippen LogP contribution in [0.15, 0.2) is 49.0 Å². The number of fused-ring (bicyclic) bond motifs is 1. The average molecular weight is 444 g/mol. The number of hydrogen-bond acceptors (Lipinski definition) is 4. The molecule has 0 unspecified atom stereocenters. The van der Waals surface area contributed by atoms with Gasteiger partial charge in [0.15, 0.2) is 0 Å². The highest BCUT2D eigenvalue weighted by molar-refractivity contribution is 6.19. The highest BCUT2D eigenvalue weighted by atomic mass is 16.5. The Bertz CT molecular complexity index is 1060. The Balaban J connectivity index is 1.41. The molecule has 1 amide bonds. The van der Waals surface area contributed by atoms with Gasteiger partial charge in [-0.1, -0.05) is 44.0 Å². The highest BCUT2D eigenvalue weighted by Crippen LogP contribution is 2.33. The summed E-state index contributed by atoms with van der Waals surface area (Å²) < 4.78 is 5.30. The lowest BCUT2D eigenvalue weighted by atomic mass is 9.78. The molecular weight excluding hydrogens is 410 g/mol. The Kier molecular flexibility index (Phi) is 7.15. The maximum atomic E-state index is 13.2. The SMILES string of the molecule is C=C(C(=O)NC1(CCN2CCc3cc(C#N)ccc3C2)CCCCC1)c1cccc(OC)c1. The minimum atomic E-state index is -0.178. The summed E-state index contributed by atoms with van der Waals surface area (Å²) in [6, 6.07) is 15.8. The average Bonchev–Trinajstić information content (AvgIpc) is 2.87. The van der Waals surface area contributed by atoms with Crippen molar-refractivity contribution in [1.82, 2.24) is 10.2 Å². The monoisotopic (exact) mass is 443 g/mol. The van der Waals surface area contributed by atoms with Crippen LogP contribution in [0.5, 0.6) is 5.75 Å². The normalized spacial score (nSPS) is 17.5. The molecule has 0 spiro atoms. The minimum absolute atomic E-state index is 0.0850. The predicted molar refractivity (Wildman–Crippen MR) is 131 cm³/mol. The third-order valence-corrected chi connectivity index (χ3v) is 7.21. The molecule has 4 rings (SSSR count). The largest absolute Gasteiger partial charge is 0.497 e. The Hall–Kier alpha value is -3.10. The second kappa shape index (κ2) is 10.2. The maximum absolute atomic E-state index is 13.2. The molecule has 0 radical (unpaired) electrons. The Morgan fingerprint density at radius 3 is 2.76 bits per heavy atom. The summed E-state index contributed by atoms with van der Waals surface area (Å²) >= 11 is 0. The van der Waals surface area contributed by atoms with E-state index in [-0.39, 0.29) is 11.4 Å². The van der Waals surface area contributed by atoms with Gasteiger partial charge in [0.1, 0.15) is 5.75 Å². The number of carbonyl (C=O) groups excluding carboxylic acids is 1. The molecule has 2 aromatic carbocycles. The van der Waals surface area contributed by atoms with Gasteiger partial charge < -0.3 is 10.1 Å². The lowest BCUT2D eigenvalue weighted by Gasteiger charge is -2.40. The fourth-order valence-electron chi connectivity index (χ4n) is 5.17. The van der Waals surface area contributed by atoms with E-state index in [0.29, 0.717) is 5.57 Å². The van der Waals surface area contributed by atoms with Crippen molar-refractivity contribution in [2.24, 2.45) is 0 Å². The zero-order valence-corrected chi connectivity index (χ0v) is 19.5. The lowest BCUT2D eigenvalue weighted by Crippen LogP contribution is -2.51. The smallest absolute Gasteiger partial charge is 0.251 e. The number of hydrogen-bond donors (Lipinski definition) is 1. The van der Waals surface area contributed by atoms with Gasteiger partial charge in [0.25, 0.3) is 5.91 Å². The second-order valence-corrected chi connectivity index (χ2v) is 9.38. The van der Waals surface area contributed by atoms with Crippen molar-refractivity contribution in [1.29, 1.82) is 5.26 Å². The molecule has 5 heteroatoms. The topological polar surface area (TPSA) is 65.4 Å². The number of ether oxygens (including phenoxy) is 1. The van der Waals surface area contributed by atoms with E-state index in [0.717, 1.165) is 75.0 Å². The fourth-order valence-corrected chi connectivity index (χ4v) is 5.17. The van der Waals surface area contributed by atoms with Gasteiger partial charge in [-0.05, 0) is 66.6 Å². The number of methoxy groups -OCH3 is 1. The van der Waals surface area contributed by atoms with Crippen LogP contribution < -0.4 is 10.1 Å². The van der Waals surface area contributed by atoms with Gasteiger partial charge in [0, 0.05) is 30.7 Å². The molecule has 5 nitrogen and oxygen atoms in total. The number of amides is 1. The van der Waals surface area contributed by atoms with Crippen molar-refractivity contribution in [3.63, 3.8) is 0 Å². The van der Waals surface area contributed by atoms with Crippen molar-refractivity contribution >= 4 is 11.5 Å². The summed E-state index contributed by atoms with van der Waals surface area (Å²) in [7, 11) is 1.63. The van der Waals surface area contributed by atoms with Crippen LogP contribution >= 0.6 is 0 Å². The molecule has 2 aromatic rings. The van der Waals surface area contributed by atoms with Crippen LogP contribution in [-0.2, 0) is 17.8 Å². The molecule has 0 saturated heterocycles. The number of nitrogens with one attached hydrogen (secondary N) is 1. The molecule has 0 bridgehead atoms. The standard InChI is InChI=1S/C28H33N3O2/c1-21(23-7-6-8-26(18-23)33-2)27(32)30-28(12-4-3-5-13-28)14-16-31-15-11-24-17-22(19-29)9-10-25(24)20-31/h6-10,17-18H,1,3-5,11-16,20H2,2H3,(H,30,32). The summed E-state index contributed by atoms with van der Waals surface area (Å²) in [5, 5.41) is 12.6. The van der Waals surface area contributed by atoms with Crippen LogP contribution in [0.3, 0.4) is 0 Å². The molecule has 1 fully saturated rings. The first kappa shape index (κ1) is 23.1. The highest BCUT2D eigenvalue weighted by Gasteiger charge is 2.34. The summed E-state index contributed by atoms with van der Waals surface area (Å²) in [5.74, 6) is 0.638. The first-order valence-corrected chi connectivity index (χ1v) is 11.9. The van der Waals surface area contributed by atoms with Gasteiger partial charge >= 0.3 is 0 Å². The number of carbonyl (C=O) groups is 1. The first-order valence-electron chi connectivity index (χ1n) is 11.9. The Morgan fingerprint density at radius 2 is 2.00 bits per heavy atom. The van der Waals surface area contributed by atoms with Crippen LogP contribution in [0.2, 0.25) is 0 Å². The van der Waals surface area contributed by atoms with E-state index in [9.17, 15) is 4.79 Å². The molecule has 1 aliphatic carbocycles. The van der Waals surface area contributed by atoms with Crippen LogP contribution in [0.25, 0.3) is 5.57 Å². The van der Waals surface area contributed by atoms with Gasteiger partial charge in [0.2, 0.25) is 0 Å². The quantitative estimate of drug-likeness (QED) is 0.622. The van der Waals surface area contributed by atoms with E-state index in [2.05, 4.69) is 28.9 Å². The zero-order valence-electron chi connectivity index (χ0n) is 19.5.